The normalized spacial score (nSPS) is 25.6. The summed E-state index contributed by atoms with van der Waals surface area (Å²) in [6.45, 7) is 5.69. The highest BCUT2D eigenvalue weighted by Gasteiger charge is 2.54. The smallest absolute Gasteiger partial charge is 0.338 e. The van der Waals surface area contributed by atoms with Crippen LogP contribution in [0.15, 0.2) is 65.3 Å². The van der Waals surface area contributed by atoms with Gasteiger partial charge in [0, 0.05) is 30.9 Å². The molecule has 2 aliphatic heterocycles. The van der Waals surface area contributed by atoms with Crippen molar-refractivity contribution in [2.45, 2.75) is 62.4 Å². The van der Waals surface area contributed by atoms with E-state index in [9.17, 15) is 17.6 Å². The zero-order valence-electron chi connectivity index (χ0n) is 20.1. The summed E-state index contributed by atoms with van der Waals surface area (Å²) in [7, 11) is -4.15. The molecule has 35 heavy (non-hydrogen) atoms. The highest BCUT2D eigenvalue weighted by atomic mass is 32.2. The molecule has 1 aliphatic carbocycles. The number of carbonyl (C=O) groups excluding carboxylic acids is 1. The van der Waals surface area contributed by atoms with E-state index in [0.717, 1.165) is 12.1 Å². The van der Waals surface area contributed by atoms with Gasteiger partial charge >= 0.3 is 10.1 Å². The molecule has 1 spiro atoms. The molecule has 2 fully saturated rings. The number of carbonyl (C=O) groups is 1. The molecule has 0 bridgehead atoms. The van der Waals surface area contributed by atoms with Gasteiger partial charge in [-0.3, -0.25) is 9.69 Å². The molecule has 1 saturated carbocycles. The van der Waals surface area contributed by atoms with E-state index in [1.165, 1.54) is 54.5 Å². The quantitative estimate of drug-likeness (QED) is 0.536. The van der Waals surface area contributed by atoms with Crippen LogP contribution in [0.4, 0.5) is 10.1 Å². The number of benzene rings is 2. The predicted molar refractivity (Wildman–Crippen MR) is 132 cm³/mol. The van der Waals surface area contributed by atoms with Crippen molar-refractivity contribution in [3.05, 3.63) is 71.7 Å². The van der Waals surface area contributed by atoms with Gasteiger partial charge in [-0.1, -0.05) is 30.2 Å². The molecule has 0 radical (unpaired) electrons. The summed E-state index contributed by atoms with van der Waals surface area (Å²) in [5, 5.41) is 0. The third-order valence-corrected chi connectivity index (χ3v) is 8.97. The Hall–Kier alpha value is -2.71. The van der Waals surface area contributed by atoms with E-state index in [4.69, 9.17) is 4.18 Å². The standard InChI is InChI=1S/C27H31FN2O4S/c1-19-9-11-24(12-10-19)35(32,33)34-25-16-26(31)30(23-8-4-7-22(28)15-23)27(25)13-14-29(20(2)17-27)18-21-5-3-6-21/h4,7-12,15-16,20-21H,3,5-6,13-14,17-18H2,1-2H3. The van der Waals surface area contributed by atoms with Gasteiger partial charge in [-0.25, -0.2) is 4.39 Å². The number of piperidine rings is 1. The fraction of sp³-hybridized carbons (Fsp3) is 0.444. The van der Waals surface area contributed by atoms with Crippen LogP contribution in [0.3, 0.4) is 0 Å². The van der Waals surface area contributed by atoms with Gasteiger partial charge in [0.2, 0.25) is 0 Å². The van der Waals surface area contributed by atoms with E-state index in [0.29, 0.717) is 31.0 Å². The molecule has 3 aliphatic rings. The maximum absolute atomic E-state index is 14.2. The first kappa shape index (κ1) is 24.0. The largest absolute Gasteiger partial charge is 0.381 e. The number of amides is 1. The molecule has 1 saturated heterocycles. The number of aryl methyl sites for hydroxylation is 1. The Kier molecular flexibility index (Phi) is 6.21. The van der Waals surface area contributed by atoms with Gasteiger partial charge in [0.05, 0.1) is 0 Å². The Morgan fingerprint density at radius 3 is 2.51 bits per heavy atom. The molecule has 2 unspecified atom stereocenters. The number of hydrogen-bond acceptors (Lipinski definition) is 5. The highest BCUT2D eigenvalue weighted by Crippen LogP contribution is 2.46. The van der Waals surface area contributed by atoms with Crippen LogP contribution < -0.4 is 4.90 Å². The lowest BCUT2D eigenvalue weighted by molar-refractivity contribution is -0.114. The van der Waals surface area contributed by atoms with Gasteiger partial charge in [0.1, 0.15) is 16.3 Å². The summed E-state index contributed by atoms with van der Waals surface area (Å²) >= 11 is 0. The number of halogens is 1. The summed E-state index contributed by atoms with van der Waals surface area (Å²) in [6, 6.07) is 12.4. The van der Waals surface area contributed by atoms with Crippen molar-refractivity contribution in [2.24, 2.45) is 5.92 Å². The number of hydrogen-bond donors (Lipinski definition) is 0. The van der Waals surface area contributed by atoms with Gasteiger partial charge in [0.25, 0.3) is 5.91 Å². The van der Waals surface area contributed by atoms with Gasteiger partial charge in [-0.2, -0.15) is 8.42 Å². The molecule has 2 heterocycles. The van der Waals surface area contributed by atoms with Gasteiger partial charge in [-0.05, 0) is 75.8 Å². The van der Waals surface area contributed by atoms with E-state index in [2.05, 4.69) is 11.8 Å². The lowest BCUT2D eigenvalue weighted by Gasteiger charge is -2.49. The first-order valence-corrected chi connectivity index (χ1v) is 13.7. The molecule has 0 N–H and O–H groups in total. The monoisotopic (exact) mass is 498 g/mol. The lowest BCUT2D eigenvalue weighted by Crippen LogP contribution is -2.59. The minimum atomic E-state index is -4.15. The van der Waals surface area contributed by atoms with Crippen molar-refractivity contribution in [1.29, 1.82) is 0 Å². The molecule has 186 valence electrons. The summed E-state index contributed by atoms with van der Waals surface area (Å²) in [6.07, 6.45) is 6.02. The van der Waals surface area contributed by atoms with Crippen LogP contribution >= 0.6 is 0 Å². The Labute approximate surface area is 206 Å². The molecule has 6 nitrogen and oxygen atoms in total. The van der Waals surface area contributed by atoms with E-state index in [1.54, 1.807) is 24.3 Å². The predicted octanol–water partition coefficient (Wildman–Crippen LogP) is 4.79. The van der Waals surface area contributed by atoms with Crippen LogP contribution in [0.5, 0.6) is 0 Å². The summed E-state index contributed by atoms with van der Waals surface area (Å²) in [4.78, 5) is 17.3. The van der Waals surface area contributed by atoms with Gasteiger partial charge in [-0.15, -0.1) is 0 Å². The zero-order valence-corrected chi connectivity index (χ0v) is 20.9. The maximum atomic E-state index is 14.2. The second-order valence-electron chi connectivity index (χ2n) is 10.1. The number of anilines is 1. The molecule has 2 atom stereocenters. The fourth-order valence-corrected chi connectivity index (χ4v) is 6.57. The number of likely N-dealkylation sites (tertiary alicyclic amines) is 1. The Morgan fingerprint density at radius 2 is 1.89 bits per heavy atom. The average molecular weight is 499 g/mol. The van der Waals surface area contributed by atoms with Crippen molar-refractivity contribution in [2.75, 3.05) is 18.0 Å². The average Bonchev–Trinajstić information content (AvgIpc) is 3.02. The van der Waals surface area contributed by atoms with Gasteiger partial charge in [0.15, 0.2) is 5.76 Å². The molecule has 0 aromatic heterocycles. The first-order chi connectivity index (χ1) is 16.7. The minimum absolute atomic E-state index is 0.0336. The van der Waals surface area contributed by atoms with Crippen molar-refractivity contribution < 1.29 is 21.8 Å². The van der Waals surface area contributed by atoms with E-state index in [-0.39, 0.29) is 16.7 Å². The fourth-order valence-electron chi connectivity index (χ4n) is 5.57. The second-order valence-corrected chi connectivity index (χ2v) is 11.7. The van der Waals surface area contributed by atoms with Crippen LogP contribution in [0.2, 0.25) is 0 Å². The highest BCUT2D eigenvalue weighted by molar-refractivity contribution is 7.86. The van der Waals surface area contributed by atoms with E-state index in [1.807, 2.05) is 6.92 Å². The summed E-state index contributed by atoms with van der Waals surface area (Å²) < 4.78 is 46.3. The molecule has 8 heteroatoms. The van der Waals surface area contributed by atoms with Gasteiger partial charge < -0.3 is 9.08 Å². The molecular formula is C27H31FN2O4S. The maximum Gasteiger partial charge on any atom is 0.338 e. The van der Waals surface area contributed by atoms with Crippen LogP contribution in [0.25, 0.3) is 0 Å². The van der Waals surface area contributed by atoms with Crippen molar-refractivity contribution >= 4 is 21.7 Å². The van der Waals surface area contributed by atoms with E-state index >= 15 is 0 Å². The Balaban J connectivity index is 1.50. The summed E-state index contributed by atoms with van der Waals surface area (Å²) in [5.74, 6) is -0.0430. The topological polar surface area (TPSA) is 66.9 Å². The van der Waals surface area contributed by atoms with Crippen LogP contribution in [0.1, 0.15) is 44.6 Å². The second kappa shape index (κ2) is 9.06. The molecule has 2 aromatic rings. The molecule has 2 aromatic carbocycles. The van der Waals surface area contributed by atoms with Crippen molar-refractivity contribution in [3.63, 3.8) is 0 Å². The summed E-state index contributed by atoms with van der Waals surface area (Å²) in [5.41, 5.74) is 0.330. The van der Waals surface area contributed by atoms with Crippen molar-refractivity contribution in [3.8, 4) is 0 Å². The third-order valence-electron chi connectivity index (χ3n) is 7.72. The molecule has 1 amide bonds. The van der Waals surface area contributed by atoms with Crippen molar-refractivity contribution in [1.82, 2.24) is 4.90 Å². The zero-order chi connectivity index (χ0) is 24.8. The molecular weight excluding hydrogens is 467 g/mol. The van der Waals surface area contributed by atoms with Crippen LogP contribution in [0, 0.1) is 18.7 Å². The lowest BCUT2D eigenvalue weighted by atomic mass is 9.79. The first-order valence-electron chi connectivity index (χ1n) is 12.3. The van der Waals surface area contributed by atoms with Crippen LogP contribution in [-0.2, 0) is 19.1 Å². The van der Waals surface area contributed by atoms with Crippen LogP contribution in [-0.4, -0.2) is 43.9 Å². The number of rotatable bonds is 6. The SMILES string of the molecule is Cc1ccc(S(=O)(=O)OC2=CC(=O)N(c3cccc(F)c3)C23CCN(CC2CCC2)C(C)C3)cc1. The van der Waals surface area contributed by atoms with E-state index < -0.39 is 27.4 Å². The number of nitrogens with zero attached hydrogens (tertiary/aromatic N) is 2. The Morgan fingerprint density at radius 1 is 1.14 bits per heavy atom. The third kappa shape index (κ3) is 4.49. The minimum Gasteiger partial charge on any atom is -0.381 e. The Bertz CT molecular complexity index is 1260. The molecule has 5 rings (SSSR count).